The van der Waals surface area contributed by atoms with Gasteiger partial charge in [0.15, 0.2) is 5.82 Å². The highest BCUT2D eigenvalue weighted by atomic mass is 16.1. The van der Waals surface area contributed by atoms with Crippen molar-refractivity contribution in [2.45, 2.75) is 46.4 Å². The molecule has 0 aliphatic heterocycles. The molecule has 0 amide bonds. The van der Waals surface area contributed by atoms with E-state index in [1.165, 1.54) is 5.56 Å². The molecule has 0 radical (unpaired) electrons. The molecule has 5 rings (SSSR count). The van der Waals surface area contributed by atoms with Crippen LogP contribution >= 0.6 is 0 Å². The van der Waals surface area contributed by atoms with E-state index in [9.17, 15) is 4.79 Å². The Labute approximate surface area is 209 Å². The number of hydrogen-bond donors (Lipinski definition) is 1. The first kappa shape index (κ1) is 23.6. The minimum absolute atomic E-state index is 0.0731. The molecule has 1 N–H and O–H groups in total. The number of hydrogen-bond acceptors (Lipinski definition) is 6. The van der Waals surface area contributed by atoms with E-state index in [1.807, 2.05) is 54.2 Å². The Morgan fingerprint density at radius 2 is 1.78 bits per heavy atom. The molecule has 3 heterocycles. The summed E-state index contributed by atoms with van der Waals surface area (Å²) in [6.45, 7) is 6.35. The Kier molecular flexibility index (Phi) is 6.95. The van der Waals surface area contributed by atoms with Crippen LogP contribution in [0.5, 0.6) is 0 Å². The van der Waals surface area contributed by atoms with E-state index < -0.39 is 0 Å². The molecule has 0 unspecified atom stereocenters. The van der Waals surface area contributed by atoms with Crippen LogP contribution in [-0.2, 0) is 32.6 Å². The third-order valence-corrected chi connectivity index (χ3v) is 6.58. The number of fused-ring (bicyclic) bond motifs is 1. The second-order valence-electron chi connectivity index (χ2n) is 9.16. The second kappa shape index (κ2) is 10.6. The molecule has 0 spiro atoms. The van der Waals surface area contributed by atoms with Crippen molar-refractivity contribution in [3.63, 3.8) is 0 Å². The molecule has 8 heteroatoms. The van der Waals surface area contributed by atoms with Gasteiger partial charge in [-0.05, 0) is 70.5 Å². The van der Waals surface area contributed by atoms with E-state index >= 15 is 0 Å². The molecule has 8 nitrogen and oxygen atoms in total. The quantitative estimate of drug-likeness (QED) is 0.344. The van der Waals surface area contributed by atoms with Crippen LogP contribution in [0.15, 0.2) is 77.9 Å². The molecule has 0 fully saturated rings. The third-order valence-electron chi connectivity index (χ3n) is 6.58. The number of aryl methyl sites for hydroxylation is 4. The van der Waals surface area contributed by atoms with E-state index in [2.05, 4.69) is 61.6 Å². The maximum Gasteiger partial charge on any atom is 0.252 e. The first-order chi connectivity index (χ1) is 17.6. The number of aromatic nitrogens is 6. The van der Waals surface area contributed by atoms with Gasteiger partial charge in [-0.15, -0.1) is 5.10 Å². The van der Waals surface area contributed by atoms with Gasteiger partial charge in [-0.25, -0.2) is 4.68 Å². The predicted octanol–water partition coefficient (Wildman–Crippen LogP) is 3.97. The number of nitrogens with one attached hydrogen (secondary N) is 1. The maximum atomic E-state index is 13.1. The summed E-state index contributed by atoms with van der Waals surface area (Å²) in [7, 11) is 0. The minimum Gasteiger partial charge on any atom is -0.321 e. The van der Waals surface area contributed by atoms with Gasteiger partial charge < -0.3 is 4.98 Å². The van der Waals surface area contributed by atoms with Gasteiger partial charge >= 0.3 is 0 Å². The number of tetrazole rings is 1. The molecule has 0 aliphatic carbocycles. The van der Waals surface area contributed by atoms with Crippen LogP contribution in [-0.4, -0.2) is 35.1 Å². The molecule has 3 aromatic heterocycles. The maximum absolute atomic E-state index is 13.1. The number of aromatic amines is 1. The fourth-order valence-electron chi connectivity index (χ4n) is 4.44. The van der Waals surface area contributed by atoms with Gasteiger partial charge in [-0.1, -0.05) is 48.5 Å². The third kappa shape index (κ3) is 5.39. The van der Waals surface area contributed by atoms with E-state index in [0.717, 1.165) is 39.8 Å². The zero-order chi connectivity index (χ0) is 24.9. The highest BCUT2D eigenvalue weighted by Gasteiger charge is 2.16. The van der Waals surface area contributed by atoms with Gasteiger partial charge in [0, 0.05) is 37.6 Å². The summed E-state index contributed by atoms with van der Waals surface area (Å²) < 4.78 is 1.85. The Balaban J connectivity index is 1.41. The van der Waals surface area contributed by atoms with E-state index in [-0.39, 0.29) is 5.56 Å². The van der Waals surface area contributed by atoms with E-state index in [0.29, 0.717) is 31.7 Å². The molecule has 0 saturated heterocycles. The van der Waals surface area contributed by atoms with Crippen molar-refractivity contribution >= 4 is 10.9 Å². The van der Waals surface area contributed by atoms with Crippen molar-refractivity contribution in [1.82, 2.24) is 35.1 Å². The largest absolute Gasteiger partial charge is 0.321 e. The Morgan fingerprint density at radius 3 is 2.58 bits per heavy atom. The lowest BCUT2D eigenvalue weighted by Crippen LogP contribution is -2.28. The van der Waals surface area contributed by atoms with Crippen LogP contribution < -0.4 is 5.56 Å². The first-order valence-corrected chi connectivity index (χ1v) is 12.1. The van der Waals surface area contributed by atoms with Gasteiger partial charge in [0.25, 0.3) is 5.56 Å². The topological polar surface area (TPSA) is 92.6 Å². The summed E-state index contributed by atoms with van der Waals surface area (Å²) >= 11 is 0. The monoisotopic (exact) mass is 479 g/mol. The Morgan fingerprint density at radius 1 is 0.944 bits per heavy atom. The standard InChI is InChI=1S/C28H29N7O/c1-20-10-11-24-15-25(28(36)30-27(24)21(20)2)18-34(17-23-9-6-13-29-16-23)19-26-31-32-33-35(26)14-12-22-7-4-3-5-8-22/h3-11,13,15-16H,12,14,17-19H2,1-2H3,(H,30,36). The smallest absolute Gasteiger partial charge is 0.252 e. The highest BCUT2D eigenvalue weighted by molar-refractivity contribution is 5.83. The zero-order valence-electron chi connectivity index (χ0n) is 20.6. The lowest BCUT2D eigenvalue weighted by atomic mass is 10.0. The van der Waals surface area contributed by atoms with Gasteiger partial charge in [0.2, 0.25) is 0 Å². The van der Waals surface area contributed by atoms with Crippen LogP contribution in [0.1, 0.15) is 33.6 Å². The molecule has 0 bridgehead atoms. The molecule has 0 atom stereocenters. The zero-order valence-corrected chi connectivity index (χ0v) is 20.6. The number of pyridine rings is 2. The Hall–Kier alpha value is -4.17. The molecule has 2 aromatic carbocycles. The van der Waals surface area contributed by atoms with E-state index in [4.69, 9.17) is 0 Å². The average molecular weight is 480 g/mol. The van der Waals surface area contributed by atoms with Crippen molar-refractivity contribution in [2.75, 3.05) is 0 Å². The summed E-state index contributed by atoms with van der Waals surface area (Å²) in [5.41, 5.74) is 6.08. The van der Waals surface area contributed by atoms with Gasteiger partial charge in [-0.3, -0.25) is 14.7 Å². The fraction of sp³-hybridized carbons (Fsp3) is 0.250. The highest BCUT2D eigenvalue weighted by Crippen LogP contribution is 2.20. The van der Waals surface area contributed by atoms with Gasteiger partial charge in [0.05, 0.1) is 12.1 Å². The number of nitrogens with zero attached hydrogens (tertiary/aromatic N) is 6. The van der Waals surface area contributed by atoms with Crippen LogP contribution in [0.2, 0.25) is 0 Å². The minimum atomic E-state index is -0.0731. The number of rotatable bonds is 9. The SMILES string of the molecule is Cc1ccc2cc(CN(Cc3cccnc3)Cc3nnnn3CCc3ccccc3)c(=O)[nH]c2c1C. The number of benzene rings is 2. The molecule has 0 saturated carbocycles. The van der Waals surface area contributed by atoms with Gasteiger partial charge in [0.1, 0.15) is 0 Å². The summed E-state index contributed by atoms with van der Waals surface area (Å²) in [5.74, 6) is 0.763. The van der Waals surface area contributed by atoms with Crippen molar-refractivity contribution in [2.24, 2.45) is 0 Å². The van der Waals surface area contributed by atoms with Crippen LogP contribution in [0, 0.1) is 13.8 Å². The van der Waals surface area contributed by atoms with E-state index in [1.54, 1.807) is 6.20 Å². The summed E-state index contributed by atoms with van der Waals surface area (Å²) in [6.07, 6.45) is 4.45. The normalized spacial score (nSPS) is 11.4. The van der Waals surface area contributed by atoms with Gasteiger partial charge in [-0.2, -0.15) is 0 Å². The molecular formula is C28H29N7O. The second-order valence-corrected chi connectivity index (χ2v) is 9.16. The molecule has 36 heavy (non-hydrogen) atoms. The van der Waals surface area contributed by atoms with Crippen molar-refractivity contribution < 1.29 is 0 Å². The van der Waals surface area contributed by atoms with Crippen molar-refractivity contribution in [3.8, 4) is 0 Å². The summed E-state index contributed by atoms with van der Waals surface area (Å²) in [6, 6.07) is 20.4. The molecule has 182 valence electrons. The average Bonchev–Trinajstić information content (AvgIpc) is 3.34. The van der Waals surface area contributed by atoms with Crippen molar-refractivity contribution in [3.05, 3.63) is 117 Å². The molecule has 5 aromatic rings. The first-order valence-electron chi connectivity index (χ1n) is 12.1. The predicted molar refractivity (Wildman–Crippen MR) is 139 cm³/mol. The lowest BCUT2D eigenvalue weighted by molar-refractivity contribution is 0.235. The lowest BCUT2D eigenvalue weighted by Gasteiger charge is -2.22. The van der Waals surface area contributed by atoms with Crippen LogP contribution in [0.25, 0.3) is 10.9 Å². The number of H-pyrrole nitrogens is 1. The summed E-state index contributed by atoms with van der Waals surface area (Å²) in [5, 5.41) is 13.5. The Bertz CT molecular complexity index is 1510. The molecular weight excluding hydrogens is 450 g/mol. The van der Waals surface area contributed by atoms with Crippen LogP contribution in [0.3, 0.4) is 0 Å². The fourth-order valence-corrected chi connectivity index (χ4v) is 4.44. The molecule has 0 aliphatic rings. The van der Waals surface area contributed by atoms with Crippen molar-refractivity contribution in [1.29, 1.82) is 0 Å². The summed E-state index contributed by atoms with van der Waals surface area (Å²) in [4.78, 5) is 22.6. The van der Waals surface area contributed by atoms with Crippen LogP contribution in [0.4, 0.5) is 0 Å².